The van der Waals surface area contributed by atoms with E-state index < -0.39 is 0 Å². The summed E-state index contributed by atoms with van der Waals surface area (Å²) in [6.07, 6.45) is 2.17. The molecule has 2 fully saturated rings. The number of nitrogens with zero attached hydrogens (tertiary/aromatic N) is 1. The molecule has 0 aromatic rings. The van der Waals surface area contributed by atoms with Gasteiger partial charge in [-0.1, -0.05) is 22.5 Å². The zero-order valence-corrected chi connectivity index (χ0v) is 9.88. The van der Waals surface area contributed by atoms with Gasteiger partial charge in [0.1, 0.15) is 0 Å². The maximum Gasteiger partial charge on any atom is 0.181 e. The van der Waals surface area contributed by atoms with Crippen molar-refractivity contribution in [1.82, 2.24) is 4.90 Å². The summed E-state index contributed by atoms with van der Waals surface area (Å²) in [5.74, 6) is -0.305. The van der Waals surface area contributed by atoms with Crippen LogP contribution in [0.25, 0.3) is 0 Å². The molecule has 2 rings (SSSR count). The van der Waals surface area contributed by atoms with Crippen molar-refractivity contribution in [1.29, 1.82) is 0 Å². The molecule has 0 bridgehead atoms. The molecule has 0 aliphatic carbocycles. The lowest BCUT2D eigenvalue weighted by Gasteiger charge is -2.38. The van der Waals surface area contributed by atoms with E-state index in [-0.39, 0.29) is 5.79 Å². The van der Waals surface area contributed by atoms with Crippen molar-refractivity contribution in [2.45, 2.75) is 18.6 Å². The van der Waals surface area contributed by atoms with Crippen LogP contribution in [0.3, 0.4) is 0 Å². The summed E-state index contributed by atoms with van der Waals surface area (Å²) in [6.45, 7) is 8.20. The highest BCUT2D eigenvalue weighted by Gasteiger charge is 2.40. The highest BCUT2D eigenvalue weighted by atomic mass is 79.9. The highest BCUT2D eigenvalue weighted by molar-refractivity contribution is 9.11. The molecule has 2 aliphatic rings. The van der Waals surface area contributed by atoms with E-state index in [4.69, 9.17) is 9.47 Å². The first kappa shape index (κ1) is 10.6. The fraction of sp³-hybridized carbons (Fsp3) is 0.800. The topological polar surface area (TPSA) is 21.7 Å². The van der Waals surface area contributed by atoms with Gasteiger partial charge >= 0.3 is 0 Å². The number of likely N-dealkylation sites (tertiary alicyclic amines) is 1. The van der Waals surface area contributed by atoms with Crippen molar-refractivity contribution in [2.24, 2.45) is 0 Å². The van der Waals surface area contributed by atoms with E-state index in [0.29, 0.717) is 0 Å². The molecule has 4 heteroatoms. The Balaban J connectivity index is 1.93. The van der Waals surface area contributed by atoms with E-state index in [0.717, 1.165) is 50.2 Å². The van der Waals surface area contributed by atoms with Crippen LogP contribution in [0.1, 0.15) is 12.8 Å². The van der Waals surface area contributed by atoms with Crippen molar-refractivity contribution in [3.8, 4) is 0 Å². The molecule has 0 aromatic carbocycles. The molecule has 0 unspecified atom stereocenters. The largest absolute Gasteiger partial charge is 0.346 e. The second kappa shape index (κ2) is 4.31. The van der Waals surface area contributed by atoms with Crippen LogP contribution in [0.2, 0.25) is 0 Å². The Kier molecular flexibility index (Phi) is 3.27. The van der Waals surface area contributed by atoms with E-state index in [1.807, 2.05) is 0 Å². The lowest BCUT2D eigenvalue weighted by molar-refractivity contribution is -0.188. The van der Waals surface area contributed by atoms with E-state index >= 15 is 0 Å². The van der Waals surface area contributed by atoms with Gasteiger partial charge in [0.05, 0.1) is 19.8 Å². The SMILES string of the molecule is C=C(Br)CN1CCCC2(C1)OCCO2. The molecule has 0 aromatic heterocycles. The number of halogens is 1. The summed E-state index contributed by atoms with van der Waals surface area (Å²) >= 11 is 3.39. The first-order valence-electron chi connectivity index (χ1n) is 5.04. The first-order valence-corrected chi connectivity index (χ1v) is 5.83. The van der Waals surface area contributed by atoms with Gasteiger partial charge in [0, 0.05) is 17.4 Å². The number of piperidine rings is 1. The Morgan fingerprint density at radius 2 is 2.14 bits per heavy atom. The Morgan fingerprint density at radius 1 is 1.43 bits per heavy atom. The molecule has 0 saturated carbocycles. The first-order chi connectivity index (χ1) is 6.70. The van der Waals surface area contributed by atoms with Gasteiger partial charge in [0.25, 0.3) is 0 Å². The van der Waals surface area contributed by atoms with Gasteiger partial charge in [0.2, 0.25) is 0 Å². The molecule has 2 aliphatic heterocycles. The van der Waals surface area contributed by atoms with Crippen LogP contribution in [0, 0.1) is 0 Å². The number of rotatable bonds is 2. The monoisotopic (exact) mass is 261 g/mol. The van der Waals surface area contributed by atoms with Crippen LogP contribution in [0.15, 0.2) is 11.1 Å². The van der Waals surface area contributed by atoms with Crippen LogP contribution in [-0.4, -0.2) is 43.5 Å². The maximum absolute atomic E-state index is 5.68. The molecular formula is C10H16BrNO2. The van der Waals surface area contributed by atoms with E-state index in [1.54, 1.807) is 0 Å². The summed E-state index contributed by atoms with van der Waals surface area (Å²) in [5.41, 5.74) is 0. The predicted molar refractivity (Wildman–Crippen MR) is 58.4 cm³/mol. The second-order valence-corrected chi connectivity index (χ2v) is 5.06. The zero-order chi connectivity index (χ0) is 10.0. The third-order valence-electron chi connectivity index (χ3n) is 2.71. The lowest BCUT2D eigenvalue weighted by atomic mass is 10.0. The van der Waals surface area contributed by atoms with Crippen LogP contribution in [0.4, 0.5) is 0 Å². The van der Waals surface area contributed by atoms with Crippen molar-refractivity contribution < 1.29 is 9.47 Å². The number of hydrogen-bond acceptors (Lipinski definition) is 3. The standard InChI is InChI=1S/C10H16BrNO2/c1-9(11)7-12-4-2-3-10(8-12)13-5-6-14-10/h1-8H2. The Hall–Kier alpha value is 0.1000. The van der Waals surface area contributed by atoms with Gasteiger partial charge in [-0.3, -0.25) is 4.90 Å². The zero-order valence-electron chi connectivity index (χ0n) is 8.30. The Bertz CT molecular complexity index is 226. The fourth-order valence-electron chi connectivity index (χ4n) is 2.18. The van der Waals surface area contributed by atoms with Crippen LogP contribution < -0.4 is 0 Å². The van der Waals surface area contributed by atoms with Crippen molar-refractivity contribution in [3.63, 3.8) is 0 Å². The minimum absolute atomic E-state index is 0.305. The van der Waals surface area contributed by atoms with Crippen molar-refractivity contribution >= 4 is 15.9 Å². The second-order valence-electron chi connectivity index (χ2n) is 3.94. The molecule has 0 atom stereocenters. The van der Waals surface area contributed by atoms with E-state index in [2.05, 4.69) is 27.4 Å². The maximum atomic E-state index is 5.68. The summed E-state index contributed by atoms with van der Waals surface area (Å²) in [7, 11) is 0. The predicted octanol–water partition coefficient (Wildman–Crippen LogP) is 1.73. The van der Waals surface area contributed by atoms with Gasteiger partial charge in [-0.2, -0.15) is 0 Å². The third kappa shape index (κ3) is 2.37. The highest BCUT2D eigenvalue weighted by Crippen LogP contribution is 2.30. The molecule has 80 valence electrons. The van der Waals surface area contributed by atoms with Gasteiger partial charge < -0.3 is 9.47 Å². The van der Waals surface area contributed by atoms with Gasteiger partial charge in [-0.15, -0.1) is 0 Å². The van der Waals surface area contributed by atoms with Crippen molar-refractivity contribution in [3.05, 3.63) is 11.1 Å². The van der Waals surface area contributed by atoms with E-state index in [1.165, 1.54) is 0 Å². The minimum atomic E-state index is -0.305. The molecule has 2 heterocycles. The quantitative estimate of drug-likeness (QED) is 0.756. The van der Waals surface area contributed by atoms with Crippen LogP contribution >= 0.6 is 15.9 Å². The molecule has 14 heavy (non-hydrogen) atoms. The summed E-state index contributed by atoms with van der Waals surface area (Å²) < 4.78 is 12.4. The molecule has 0 radical (unpaired) electrons. The average molecular weight is 262 g/mol. The number of hydrogen-bond donors (Lipinski definition) is 0. The van der Waals surface area contributed by atoms with Gasteiger partial charge in [0.15, 0.2) is 5.79 Å². The Labute approximate surface area is 93.2 Å². The Morgan fingerprint density at radius 3 is 2.79 bits per heavy atom. The van der Waals surface area contributed by atoms with E-state index in [9.17, 15) is 0 Å². The molecule has 0 N–H and O–H groups in total. The van der Waals surface area contributed by atoms with Crippen molar-refractivity contribution in [2.75, 3.05) is 32.8 Å². The molecule has 0 amide bonds. The number of ether oxygens (including phenoxy) is 2. The summed E-state index contributed by atoms with van der Waals surface area (Å²) in [4.78, 5) is 2.33. The summed E-state index contributed by atoms with van der Waals surface area (Å²) in [5, 5.41) is 0. The summed E-state index contributed by atoms with van der Waals surface area (Å²) in [6, 6.07) is 0. The molecule has 3 nitrogen and oxygen atoms in total. The molecular weight excluding hydrogens is 246 g/mol. The molecule has 2 saturated heterocycles. The van der Waals surface area contributed by atoms with Crippen LogP contribution in [-0.2, 0) is 9.47 Å². The van der Waals surface area contributed by atoms with Gasteiger partial charge in [-0.05, 0) is 13.0 Å². The third-order valence-corrected chi connectivity index (χ3v) is 2.96. The van der Waals surface area contributed by atoms with Gasteiger partial charge in [-0.25, -0.2) is 0 Å². The molecule has 1 spiro atoms. The fourth-order valence-corrected chi connectivity index (χ4v) is 2.54. The normalized spacial score (nSPS) is 26.9. The smallest absolute Gasteiger partial charge is 0.181 e. The lowest BCUT2D eigenvalue weighted by Crippen LogP contribution is -2.49. The average Bonchev–Trinajstić information content (AvgIpc) is 2.52. The minimum Gasteiger partial charge on any atom is -0.346 e. The van der Waals surface area contributed by atoms with Crippen LogP contribution in [0.5, 0.6) is 0 Å².